The lowest BCUT2D eigenvalue weighted by Crippen LogP contribution is -2.42. The second kappa shape index (κ2) is 6.36. The number of nitrogens with one attached hydrogen (secondary N) is 1. The number of hydrogen-bond acceptors (Lipinski definition) is 3. The minimum absolute atomic E-state index is 0.231. The van der Waals surface area contributed by atoms with Gasteiger partial charge in [-0.1, -0.05) is 13.3 Å². The molecule has 1 aromatic rings. The maximum Gasteiger partial charge on any atom is 0.0927 e. The van der Waals surface area contributed by atoms with Gasteiger partial charge in [-0.15, -0.1) is 11.3 Å². The molecule has 1 aromatic heterocycles. The van der Waals surface area contributed by atoms with Crippen molar-refractivity contribution in [1.82, 2.24) is 10.3 Å². The third-order valence-electron chi connectivity index (χ3n) is 4.22. The summed E-state index contributed by atoms with van der Waals surface area (Å²) in [6.45, 7) is 10.3. The summed E-state index contributed by atoms with van der Waals surface area (Å²) in [5, 5.41) is 7.12. The topological polar surface area (TPSA) is 24.9 Å². The standard InChI is InChI=1S/C16H28N2S/c1-12-5-6-13(11-18-16(2,3)4)14(9-12)10-15-17-7-8-19-15/h7-8,12-14,18H,5-6,9-11H2,1-4H3. The Kier molecular flexibility index (Phi) is 5.02. The Bertz CT molecular complexity index is 367. The minimum atomic E-state index is 0.231. The zero-order valence-corrected chi connectivity index (χ0v) is 13.6. The third kappa shape index (κ3) is 4.88. The molecule has 0 aromatic carbocycles. The lowest BCUT2D eigenvalue weighted by molar-refractivity contribution is 0.174. The van der Waals surface area contributed by atoms with E-state index in [2.05, 4.69) is 43.4 Å². The highest BCUT2D eigenvalue weighted by atomic mass is 32.1. The lowest BCUT2D eigenvalue weighted by Gasteiger charge is -2.36. The molecule has 1 aliphatic carbocycles. The summed E-state index contributed by atoms with van der Waals surface area (Å²) in [6.07, 6.45) is 7.26. The van der Waals surface area contributed by atoms with E-state index in [1.165, 1.54) is 30.7 Å². The highest BCUT2D eigenvalue weighted by molar-refractivity contribution is 7.09. The van der Waals surface area contributed by atoms with Crippen LogP contribution in [0.5, 0.6) is 0 Å². The average Bonchev–Trinajstić information content (AvgIpc) is 2.79. The molecule has 0 radical (unpaired) electrons. The van der Waals surface area contributed by atoms with E-state index < -0.39 is 0 Å². The van der Waals surface area contributed by atoms with Gasteiger partial charge < -0.3 is 5.32 Å². The summed E-state index contributed by atoms with van der Waals surface area (Å²) in [5.41, 5.74) is 0.231. The van der Waals surface area contributed by atoms with Crippen molar-refractivity contribution in [1.29, 1.82) is 0 Å². The summed E-state index contributed by atoms with van der Waals surface area (Å²) >= 11 is 1.81. The second-order valence-corrected chi connectivity index (χ2v) is 8.18. The summed E-state index contributed by atoms with van der Waals surface area (Å²) in [7, 11) is 0. The Morgan fingerprint density at radius 1 is 1.32 bits per heavy atom. The first-order valence-electron chi connectivity index (χ1n) is 7.57. The molecule has 1 saturated carbocycles. The van der Waals surface area contributed by atoms with E-state index in [1.54, 1.807) is 0 Å². The Labute approximate surface area is 122 Å². The maximum absolute atomic E-state index is 4.48. The largest absolute Gasteiger partial charge is 0.312 e. The van der Waals surface area contributed by atoms with Crippen molar-refractivity contribution in [2.45, 2.75) is 58.9 Å². The molecule has 2 rings (SSSR count). The van der Waals surface area contributed by atoms with Gasteiger partial charge in [-0.2, -0.15) is 0 Å². The molecule has 3 heteroatoms. The van der Waals surface area contributed by atoms with Gasteiger partial charge in [-0.05, 0) is 57.9 Å². The molecule has 3 unspecified atom stereocenters. The molecule has 0 saturated heterocycles. The van der Waals surface area contributed by atoms with Crippen LogP contribution in [0.25, 0.3) is 0 Å². The third-order valence-corrected chi connectivity index (χ3v) is 5.02. The van der Waals surface area contributed by atoms with Crippen molar-refractivity contribution in [3.8, 4) is 0 Å². The van der Waals surface area contributed by atoms with Gasteiger partial charge in [-0.3, -0.25) is 0 Å². The van der Waals surface area contributed by atoms with Crippen LogP contribution in [-0.4, -0.2) is 17.1 Å². The van der Waals surface area contributed by atoms with E-state index in [4.69, 9.17) is 0 Å². The molecule has 1 heterocycles. The lowest BCUT2D eigenvalue weighted by atomic mass is 9.73. The van der Waals surface area contributed by atoms with Crippen molar-refractivity contribution < 1.29 is 0 Å². The monoisotopic (exact) mass is 280 g/mol. The SMILES string of the molecule is CC1CCC(CNC(C)(C)C)C(Cc2nccs2)C1. The van der Waals surface area contributed by atoms with Crippen LogP contribution in [0.1, 0.15) is 52.0 Å². The minimum Gasteiger partial charge on any atom is -0.312 e. The zero-order valence-electron chi connectivity index (χ0n) is 12.8. The average molecular weight is 280 g/mol. The highest BCUT2D eigenvalue weighted by Gasteiger charge is 2.29. The Morgan fingerprint density at radius 3 is 2.74 bits per heavy atom. The van der Waals surface area contributed by atoms with E-state index in [-0.39, 0.29) is 5.54 Å². The van der Waals surface area contributed by atoms with Crippen LogP contribution >= 0.6 is 11.3 Å². The van der Waals surface area contributed by atoms with Gasteiger partial charge >= 0.3 is 0 Å². The summed E-state index contributed by atoms with van der Waals surface area (Å²) in [5.74, 6) is 2.51. The van der Waals surface area contributed by atoms with Crippen LogP contribution < -0.4 is 5.32 Å². The molecule has 0 bridgehead atoms. The van der Waals surface area contributed by atoms with Crippen molar-refractivity contribution >= 4 is 11.3 Å². The van der Waals surface area contributed by atoms with Crippen LogP contribution in [0.3, 0.4) is 0 Å². The van der Waals surface area contributed by atoms with Gasteiger partial charge in [0, 0.05) is 23.5 Å². The van der Waals surface area contributed by atoms with Gasteiger partial charge in [0.2, 0.25) is 0 Å². The fourth-order valence-electron chi connectivity index (χ4n) is 3.10. The highest BCUT2D eigenvalue weighted by Crippen LogP contribution is 2.36. The van der Waals surface area contributed by atoms with Crippen molar-refractivity contribution in [2.24, 2.45) is 17.8 Å². The van der Waals surface area contributed by atoms with E-state index in [0.29, 0.717) is 0 Å². The summed E-state index contributed by atoms with van der Waals surface area (Å²) < 4.78 is 0. The fourth-order valence-corrected chi connectivity index (χ4v) is 3.81. The van der Waals surface area contributed by atoms with Gasteiger partial charge in [0.05, 0.1) is 5.01 Å². The van der Waals surface area contributed by atoms with Crippen LogP contribution in [0.15, 0.2) is 11.6 Å². The number of rotatable bonds is 4. The molecule has 3 atom stereocenters. The predicted molar refractivity (Wildman–Crippen MR) is 83.6 cm³/mol. The van der Waals surface area contributed by atoms with Crippen LogP contribution in [0.2, 0.25) is 0 Å². The molecule has 2 nitrogen and oxygen atoms in total. The maximum atomic E-state index is 4.48. The smallest absolute Gasteiger partial charge is 0.0927 e. The van der Waals surface area contributed by atoms with E-state index in [1.807, 2.05) is 17.5 Å². The first kappa shape index (κ1) is 15.0. The molecule has 0 aliphatic heterocycles. The molecule has 0 amide bonds. The molecule has 108 valence electrons. The molecule has 0 spiro atoms. The molecular formula is C16H28N2S. The van der Waals surface area contributed by atoms with Gasteiger partial charge in [0.1, 0.15) is 0 Å². The van der Waals surface area contributed by atoms with Gasteiger partial charge in [0.15, 0.2) is 0 Å². The fraction of sp³-hybridized carbons (Fsp3) is 0.812. The van der Waals surface area contributed by atoms with Crippen molar-refractivity contribution in [3.05, 3.63) is 16.6 Å². The zero-order chi connectivity index (χ0) is 13.9. The van der Waals surface area contributed by atoms with E-state index >= 15 is 0 Å². The quantitative estimate of drug-likeness (QED) is 0.897. The van der Waals surface area contributed by atoms with E-state index in [0.717, 1.165) is 24.3 Å². The number of aromatic nitrogens is 1. The molecule has 1 aliphatic rings. The summed E-state index contributed by atoms with van der Waals surface area (Å²) in [4.78, 5) is 4.48. The Balaban J connectivity index is 1.94. The second-order valence-electron chi connectivity index (χ2n) is 7.20. The first-order valence-corrected chi connectivity index (χ1v) is 8.45. The van der Waals surface area contributed by atoms with Crippen LogP contribution in [-0.2, 0) is 6.42 Å². The molecular weight excluding hydrogens is 252 g/mol. The summed E-state index contributed by atoms with van der Waals surface area (Å²) in [6, 6.07) is 0. The van der Waals surface area contributed by atoms with Gasteiger partial charge in [0.25, 0.3) is 0 Å². The van der Waals surface area contributed by atoms with Gasteiger partial charge in [-0.25, -0.2) is 4.98 Å². The van der Waals surface area contributed by atoms with Crippen molar-refractivity contribution in [2.75, 3.05) is 6.54 Å². The first-order chi connectivity index (χ1) is 8.94. The Hall–Kier alpha value is -0.410. The number of thiazole rings is 1. The Morgan fingerprint density at radius 2 is 2.11 bits per heavy atom. The predicted octanol–water partition coefficient (Wildman–Crippen LogP) is 4.13. The molecule has 19 heavy (non-hydrogen) atoms. The normalized spacial score (nSPS) is 28.5. The molecule has 1 fully saturated rings. The van der Waals surface area contributed by atoms with E-state index in [9.17, 15) is 0 Å². The van der Waals surface area contributed by atoms with Crippen molar-refractivity contribution in [3.63, 3.8) is 0 Å². The van der Waals surface area contributed by atoms with Crippen LogP contribution in [0.4, 0.5) is 0 Å². The molecule has 1 N–H and O–H groups in total. The number of hydrogen-bond donors (Lipinski definition) is 1. The number of nitrogens with zero attached hydrogens (tertiary/aromatic N) is 1. The van der Waals surface area contributed by atoms with Crippen LogP contribution in [0, 0.1) is 17.8 Å².